The van der Waals surface area contributed by atoms with Gasteiger partial charge in [-0.05, 0) is 37.9 Å². The quantitative estimate of drug-likeness (QED) is 0.925. The van der Waals surface area contributed by atoms with Crippen LogP contribution in [0.1, 0.15) is 31.0 Å². The maximum Gasteiger partial charge on any atom is 0.261 e. The van der Waals surface area contributed by atoms with Crippen molar-refractivity contribution in [2.45, 2.75) is 31.3 Å². The molecule has 0 radical (unpaired) electrons. The Labute approximate surface area is 117 Å². The number of ether oxygens (including phenoxy) is 1. The van der Waals surface area contributed by atoms with Crippen LogP contribution in [0.5, 0.6) is 5.75 Å². The summed E-state index contributed by atoms with van der Waals surface area (Å²) in [5.74, 6) is 2.72. The summed E-state index contributed by atoms with van der Waals surface area (Å²) in [6.07, 6.45) is 3.60. The molecule has 2 aromatic rings. The molecule has 104 valence electrons. The van der Waals surface area contributed by atoms with Crippen LogP contribution in [-0.4, -0.2) is 29.3 Å². The molecule has 5 heteroatoms. The van der Waals surface area contributed by atoms with Crippen molar-refractivity contribution in [3.05, 3.63) is 30.1 Å². The Bertz CT molecular complexity index is 601. The first kappa shape index (κ1) is 11.9. The standard InChI is InChI=1S/C15H17N3O2/c1-2-4-13(19-11-7-8-16-9-11)12(3-1)15-17-14(18-20-15)10-5-6-10/h1-4,10-11,16H,5-9H2/t11-/m1/s1. The summed E-state index contributed by atoms with van der Waals surface area (Å²) in [6, 6.07) is 7.88. The Balaban J connectivity index is 1.62. The zero-order valence-corrected chi connectivity index (χ0v) is 11.2. The fourth-order valence-corrected chi connectivity index (χ4v) is 2.51. The minimum atomic E-state index is 0.224. The van der Waals surface area contributed by atoms with Crippen molar-refractivity contribution in [2.75, 3.05) is 13.1 Å². The lowest BCUT2D eigenvalue weighted by molar-refractivity contribution is 0.223. The second-order valence-corrected chi connectivity index (χ2v) is 5.46. The number of hydrogen-bond donors (Lipinski definition) is 1. The van der Waals surface area contributed by atoms with Crippen molar-refractivity contribution in [2.24, 2.45) is 0 Å². The van der Waals surface area contributed by atoms with Crippen LogP contribution in [0.4, 0.5) is 0 Å². The summed E-state index contributed by atoms with van der Waals surface area (Å²) in [6.45, 7) is 1.91. The average Bonchev–Trinajstić information content (AvgIpc) is 3.00. The summed E-state index contributed by atoms with van der Waals surface area (Å²) in [7, 11) is 0. The SMILES string of the molecule is c1ccc(-c2nc(C3CC3)no2)c(O[C@@H]2CCNC2)c1. The van der Waals surface area contributed by atoms with Gasteiger partial charge in [0, 0.05) is 12.5 Å². The fourth-order valence-electron chi connectivity index (χ4n) is 2.51. The lowest BCUT2D eigenvalue weighted by Crippen LogP contribution is -2.19. The first-order valence-corrected chi connectivity index (χ1v) is 7.20. The lowest BCUT2D eigenvalue weighted by atomic mass is 10.2. The van der Waals surface area contributed by atoms with Crippen LogP contribution in [0, 0.1) is 0 Å². The molecule has 1 aliphatic carbocycles. The van der Waals surface area contributed by atoms with Gasteiger partial charge >= 0.3 is 0 Å². The van der Waals surface area contributed by atoms with Gasteiger partial charge in [-0.25, -0.2) is 0 Å². The van der Waals surface area contributed by atoms with Crippen LogP contribution < -0.4 is 10.1 Å². The highest BCUT2D eigenvalue weighted by Crippen LogP contribution is 2.39. The minimum absolute atomic E-state index is 0.224. The Kier molecular flexibility index (Phi) is 2.92. The highest BCUT2D eigenvalue weighted by atomic mass is 16.5. The van der Waals surface area contributed by atoms with E-state index in [-0.39, 0.29) is 6.10 Å². The number of para-hydroxylation sites is 1. The minimum Gasteiger partial charge on any atom is -0.488 e. The van der Waals surface area contributed by atoms with Gasteiger partial charge in [0.2, 0.25) is 0 Å². The highest BCUT2D eigenvalue weighted by molar-refractivity contribution is 5.62. The van der Waals surface area contributed by atoms with Crippen molar-refractivity contribution < 1.29 is 9.26 Å². The van der Waals surface area contributed by atoms with Crippen LogP contribution in [0.3, 0.4) is 0 Å². The molecule has 1 atom stereocenters. The molecular formula is C15H17N3O2. The second-order valence-electron chi connectivity index (χ2n) is 5.46. The topological polar surface area (TPSA) is 60.2 Å². The van der Waals surface area contributed by atoms with E-state index < -0.39 is 0 Å². The maximum absolute atomic E-state index is 6.06. The van der Waals surface area contributed by atoms with E-state index in [2.05, 4.69) is 15.5 Å². The molecule has 1 N–H and O–H groups in total. The molecular weight excluding hydrogens is 254 g/mol. The largest absolute Gasteiger partial charge is 0.488 e. The molecule has 2 heterocycles. The monoisotopic (exact) mass is 271 g/mol. The zero-order chi connectivity index (χ0) is 13.4. The molecule has 5 nitrogen and oxygen atoms in total. The smallest absolute Gasteiger partial charge is 0.261 e. The predicted octanol–water partition coefficient (Wildman–Crippen LogP) is 2.35. The number of benzene rings is 1. The number of hydrogen-bond acceptors (Lipinski definition) is 5. The molecule has 1 aliphatic heterocycles. The van der Waals surface area contributed by atoms with Crippen LogP contribution in [0.2, 0.25) is 0 Å². The Morgan fingerprint density at radius 1 is 1.20 bits per heavy atom. The van der Waals surface area contributed by atoms with Gasteiger partial charge in [0.15, 0.2) is 5.82 Å². The molecule has 1 aromatic heterocycles. The van der Waals surface area contributed by atoms with Gasteiger partial charge in [-0.15, -0.1) is 0 Å². The van der Waals surface area contributed by atoms with Crippen LogP contribution in [0.25, 0.3) is 11.5 Å². The molecule has 2 aliphatic rings. The molecule has 20 heavy (non-hydrogen) atoms. The van der Waals surface area contributed by atoms with Gasteiger partial charge in [0.25, 0.3) is 5.89 Å². The lowest BCUT2D eigenvalue weighted by Gasteiger charge is -2.14. The number of nitrogens with one attached hydrogen (secondary N) is 1. The third kappa shape index (κ3) is 2.29. The summed E-state index contributed by atoms with van der Waals surface area (Å²) < 4.78 is 11.5. The van der Waals surface area contributed by atoms with E-state index >= 15 is 0 Å². The maximum atomic E-state index is 6.06. The number of rotatable bonds is 4. The van der Waals surface area contributed by atoms with E-state index in [1.165, 1.54) is 12.8 Å². The summed E-state index contributed by atoms with van der Waals surface area (Å²) >= 11 is 0. The molecule has 2 fully saturated rings. The summed E-state index contributed by atoms with van der Waals surface area (Å²) in [5, 5.41) is 7.38. The summed E-state index contributed by atoms with van der Waals surface area (Å²) in [4.78, 5) is 4.50. The van der Waals surface area contributed by atoms with E-state index in [4.69, 9.17) is 9.26 Å². The van der Waals surface area contributed by atoms with Crippen molar-refractivity contribution in [3.63, 3.8) is 0 Å². The Morgan fingerprint density at radius 2 is 2.10 bits per heavy atom. The van der Waals surface area contributed by atoms with Crippen molar-refractivity contribution >= 4 is 0 Å². The average molecular weight is 271 g/mol. The van der Waals surface area contributed by atoms with Gasteiger partial charge < -0.3 is 14.6 Å². The number of aromatic nitrogens is 2. The summed E-state index contributed by atoms with van der Waals surface area (Å²) in [5.41, 5.74) is 0.888. The van der Waals surface area contributed by atoms with Gasteiger partial charge in [-0.1, -0.05) is 17.3 Å². The van der Waals surface area contributed by atoms with Crippen LogP contribution in [-0.2, 0) is 0 Å². The fraction of sp³-hybridized carbons (Fsp3) is 0.467. The second kappa shape index (κ2) is 4.90. The van der Waals surface area contributed by atoms with E-state index in [1.807, 2.05) is 24.3 Å². The van der Waals surface area contributed by atoms with Crippen LogP contribution >= 0.6 is 0 Å². The normalized spacial score (nSPS) is 22.1. The first-order valence-electron chi connectivity index (χ1n) is 7.20. The third-order valence-electron chi connectivity index (χ3n) is 3.81. The van der Waals surface area contributed by atoms with Crippen LogP contribution in [0.15, 0.2) is 28.8 Å². The zero-order valence-electron chi connectivity index (χ0n) is 11.2. The van der Waals surface area contributed by atoms with E-state index in [9.17, 15) is 0 Å². The predicted molar refractivity (Wildman–Crippen MR) is 73.6 cm³/mol. The molecule has 0 bridgehead atoms. The Morgan fingerprint density at radius 3 is 2.90 bits per heavy atom. The van der Waals surface area contributed by atoms with Gasteiger partial charge in [-0.2, -0.15) is 4.98 Å². The Hall–Kier alpha value is -1.88. The first-order chi connectivity index (χ1) is 9.90. The van der Waals surface area contributed by atoms with Gasteiger partial charge in [0.1, 0.15) is 11.9 Å². The van der Waals surface area contributed by atoms with Crippen molar-refractivity contribution in [3.8, 4) is 17.2 Å². The number of nitrogens with zero attached hydrogens (tertiary/aromatic N) is 2. The van der Waals surface area contributed by atoms with Gasteiger partial charge in [0.05, 0.1) is 5.56 Å². The van der Waals surface area contributed by atoms with E-state index in [0.29, 0.717) is 11.8 Å². The molecule has 1 saturated heterocycles. The molecule has 0 spiro atoms. The van der Waals surface area contributed by atoms with E-state index in [1.54, 1.807) is 0 Å². The molecule has 0 amide bonds. The third-order valence-corrected chi connectivity index (χ3v) is 3.81. The molecule has 0 unspecified atom stereocenters. The molecule has 4 rings (SSSR count). The van der Waals surface area contributed by atoms with Gasteiger partial charge in [-0.3, -0.25) is 0 Å². The molecule has 1 saturated carbocycles. The van der Waals surface area contributed by atoms with Crippen molar-refractivity contribution in [1.29, 1.82) is 0 Å². The van der Waals surface area contributed by atoms with E-state index in [0.717, 1.165) is 36.6 Å². The highest BCUT2D eigenvalue weighted by Gasteiger charge is 2.29. The van der Waals surface area contributed by atoms with Crippen molar-refractivity contribution in [1.82, 2.24) is 15.5 Å². The molecule has 1 aromatic carbocycles.